The van der Waals surface area contributed by atoms with Crippen molar-refractivity contribution in [1.29, 1.82) is 0 Å². The van der Waals surface area contributed by atoms with Crippen LogP contribution in [0.1, 0.15) is 0 Å². The second-order valence-electron chi connectivity index (χ2n) is 2.92. The molecule has 1 rings (SSSR count). The molecule has 0 saturated heterocycles. The van der Waals surface area contributed by atoms with Gasteiger partial charge in [-0.05, 0) is 24.3 Å². The zero-order valence-electron chi connectivity index (χ0n) is 7.98. The molecule has 0 atom stereocenters. The number of rotatable bonds is 4. The van der Waals surface area contributed by atoms with Crippen molar-refractivity contribution in [1.82, 2.24) is 0 Å². The molecule has 1 aromatic rings. The monoisotopic (exact) mass is 193 g/mol. The molecule has 0 aromatic heterocycles. The van der Waals surface area contributed by atoms with Crippen LogP contribution in [-0.4, -0.2) is 19.9 Å². The summed E-state index contributed by atoms with van der Waals surface area (Å²) in [5.41, 5.74) is 0.792. The summed E-state index contributed by atoms with van der Waals surface area (Å²) in [5.74, 6) is -0.256. The molecule has 0 saturated carbocycles. The van der Waals surface area contributed by atoms with Gasteiger partial charge in [0.1, 0.15) is 12.1 Å². The van der Waals surface area contributed by atoms with Crippen LogP contribution >= 0.6 is 0 Å². The van der Waals surface area contributed by atoms with E-state index in [0.717, 1.165) is 12.0 Å². The maximum Gasteiger partial charge on any atom is 0.142 e. The molecule has 0 aliphatic heterocycles. The van der Waals surface area contributed by atoms with Crippen molar-refractivity contribution < 1.29 is 9.18 Å². The minimum absolute atomic E-state index is 0.256. The molecule has 74 valence electrons. The second kappa shape index (κ2) is 5.17. The fraction of sp³-hybridized carbons (Fsp3) is 0.182. The van der Waals surface area contributed by atoms with Crippen LogP contribution in [0.2, 0.25) is 0 Å². The number of aldehydes is 1. The molecular formula is C11H12FNO. The molecule has 0 heterocycles. The fourth-order valence-electron chi connectivity index (χ4n) is 1.09. The summed E-state index contributed by atoms with van der Waals surface area (Å²) in [7, 11) is 1.84. The molecule has 1 aromatic carbocycles. The molecule has 0 fully saturated rings. The number of carbonyl (C=O) groups is 1. The number of benzene rings is 1. The fourth-order valence-corrected chi connectivity index (χ4v) is 1.09. The van der Waals surface area contributed by atoms with Crippen LogP contribution in [0.25, 0.3) is 0 Å². The van der Waals surface area contributed by atoms with Crippen molar-refractivity contribution in [2.24, 2.45) is 0 Å². The zero-order chi connectivity index (χ0) is 10.4. The molecular weight excluding hydrogens is 181 g/mol. The van der Waals surface area contributed by atoms with E-state index in [1.165, 1.54) is 18.2 Å². The Morgan fingerprint density at radius 2 is 2.29 bits per heavy atom. The number of allylic oxidation sites excluding steroid dienone is 1. The van der Waals surface area contributed by atoms with Gasteiger partial charge in [-0.2, -0.15) is 0 Å². The SMILES string of the molecule is CN(C/C=C\C=O)c1cccc(F)c1. The van der Waals surface area contributed by atoms with E-state index in [1.807, 2.05) is 18.0 Å². The van der Waals surface area contributed by atoms with E-state index in [-0.39, 0.29) is 5.82 Å². The summed E-state index contributed by atoms with van der Waals surface area (Å²) >= 11 is 0. The predicted octanol–water partition coefficient (Wildman–Crippen LogP) is 2.02. The first kappa shape index (κ1) is 10.4. The van der Waals surface area contributed by atoms with Crippen molar-refractivity contribution in [2.75, 3.05) is 18.5 Å². The van der Waals surface area contributed by atoms with Crippen LogP contribution in [0.4, 0.5) is 10.1 Å². The maximum atomic E-state index is 12.8. The Morgan fingerprint density at radius 1 is 1.50 bits per heavy atom. The van der Waals surface area contributed by atoms with Crippen molar-refractivity contribution in [2.45, 2.75) is 0 Å². The third kappa shape index (κ3) is 3.01. The van der Waals surface area contributed by atoms with Crippen molar-refractivity contribution in [3.8, 4) is 0 Å². The predicted molar refractivity (Wildman–Crippen MR) is 54.9 cm³/mol. The number of likely N-dealkylation sites (N-methyl/N-ethyl adjacent to an activating group) is 1. The number of halogens is 1. The highest BCUT2D eigenvalue weighted by atomic mass is 19.1. The molecule has 14 heavy (non-hydrogen) atoms. The Bertz CT molecular complexity index is 336. The summed E-state index contributed by atoms with van der Waals surface area (Å²) in [5, 5.41) is 0. The Labute approximate surface area is 82.7 Å². The van der Waals surface area contributed by atoms with Crippen LogP contribution in [0, 0.1) is 5.82 Å². The Kier molecular flexibility index (Phi) is 3.85. The lowest BCUT2D eigenvalue weighted by Crippen LogP contribution is -2.16. The highest BCUT2D eigenvalue weighted by molar-refractivity contribution is 5.64. The second-order valence-corrected chi connectivity index (χ2v) is 2.92. The van der Waals surface area contributed by atoms with E-state index in [0.29, 0.717) is 6.54 Å². The van der Waals surface area contributed by atoms with Gasteiger partial charge in [0.15, 0.2) is 0 Å². The number of hydrogen-bond donors (Lipinski definition) is 0. The summed E-state index contributed by atoms with van der Waals surface area (Å²) in [6.45, 7) is 0.586. The molecule has 0 spiro atoms. The zero-order valence-corrected chi connectivity index (χ0v) is 7.98. The normalized spacial score (nSPS) is 10.4. The molecule has 0 aliphatic carbocycles. The molecule has 2 nitrogen and oxygen atoms in total. The molecule has 0 bridgehead atoms. The van der Waals surface area contributed by atoms with Crippen LogP contribution in [-0.2, 0) is 4.79 Å². The number of carbonyl (C=O) groups excluding carboxylic acids is 1. The minimum atomic E-state index is -0.256. The largest absolute Gasteiger partial charge is 0.371 e. The average molecular weight is 193 g/mol. The molecule has 0 radical (unpaired) electrons. The highest BCUT2D eigenvalue weighted by Crippen LogP contribution is 2.13. The van der Waals surface area contributed by atoms with Crippen LogP contribution in [0.5, 0.6) is 0 Å². The lowest BCUT2D eigenvalue weighted by atomic mass is 10.3. The molecule has 0 unspecified atom stereocenters. The van der Waals surface area contributed by atoms with Crippen LogP contribution < -0.4 is 4.90 Å². The van der Waals surface area contributed by atoms with E-state index in [1.54, 1.807) is 12.1 Å². The quantitative estimate of drug-likeness (QED) is 0.538. The lowest BCUT2D eigenvalue weighted by Gasteiger charge is -2.16. The molecule has 3 heteroatoms. The molecule has 0 amide bonds. The third-order valence-electron chi connectivity index (χ3n) is 1.84. The first-order valence-electron chi connectivity index (χ1n) is 4.31. The van der Waals surface area contributed by atoms with E-state index in [4.69, 9.17) is 0 Å². The third-order valence-corrected chi connectivity index (χ3v) is 1.84. The van der Waals surface area contributed by atoms with Crippen LogP contribution in [0.15, 0.2) is 36.4 Å². The van der Waals surface area contributed by atoms with Gasteiger partial charge in [-0.15, -0.1) is 0 Å². The van der Waals surface area contributed by atoms with Gasteiger partial charge in [0.25, 0.3) is 0 Å². The smallest absolute Gasteiger partial charge is 0.142 e. The van der Waals surface area contributed by atoms with Gasteiger partial charge in [0.05, 0.1) is 0 Å². The molecule has 0 aliphatic rings. The molecule has 0 N–H and O–H groups in total. The van der Waals surface area contributed by atoms with Gasteiger partial charge in [-0.1, -0.05) is 12.1 Å². The van der Waals surface area contributed by atoms with Crippen LogP contribution in [0.3, 0.4) is 0 Å². The van der Waals surface area contributed by atoms with Gasteiger partial charge in [-0.25, -0.2) is 4.39 Å². The van der Waals surface area contributed by atoms with Gasteiger partial charge < -0.3 is 4.90 Å². The Hall–Kier alpha value is -1.64. The standard InChI is InChI=1S/C11H12FNO/c1-13(7-2-3-8-14)11-6-4-5-10(12)9-11/h2-6,8-9H,7H2,1H3/b3-2-. The summed E-state index contributed by atoms with van der Waals surface area (Å²) in [6, 6.07) is 6.33. The summed E-state index contributed by atoms with van der Waals surface area (Å²) in [6.07, 6.45) is 3.87. The summed E-state index contributed by atoms with van der Waals surface area (Å²) < 4.78 is 12.8. The van der Waals surface area contributed by atoms with Gasteiger partial charge in [0.2, 0.25) is 0 Å². The van der Waals surface area contributed by atoms with Gasteiger partial charge >= 0.3 is 0 Å². The van der Waals surface area contributed by atoms with E-state index < -0.39 is 0 Å². The van der Waals surface area contributed by atoms with Gasteiger partial charge in [-0.3, -0.25) is 4.79 Å². The maximum absolute atomic E-state index is 12.8. The Balaban J connectivity index is 2.64. The van der Waals surface area contributed by atoms with Gasteiger partial charge in [0, 0.05) is 19.3 Å². The minimum Gasteiger partial charge on any atom is -0.371 e. The van der Waals surface area contributed by atoms with Crippen molar-refractivity contribution in [3.05, 3.63) is 42.2 Å². The van der Waals surface area contributed by atoms with E-state index >= 15 is 0 Å². The van der Waals surface area contributed by atoms with E-state index in [2.05, 4.69) is 0 Å². The van der Waals surface area contributed by atoms with Crippen molar-refractivity contribution in [3.63, 3.8) is 0 Å². The topological polar surface area (TPSA) is 20.3 Å². The Morgan fingerprint density at radius 3 is 2.93 bits per heavy atom. The summed E-state index contributed by atoms with van der Waals surface area (Å²) in [4.78, 5) is 11.9. The highest BCUT2D eigenvalue weighted by Gasteiger charge is 1.98. The number of hydrogen-bond acceptors (Lipinski definition) is 2. The lowest BCUT2D eigenvalue weighted by molar-refractivity contribution is -0.104. The number of nitrogens with zero attached hydrogens (tertiary/aromatic N) is 1. The average Bonchev–Trinajstić information content (AvgIpc) is 2.18. The number of anilines is 1. The van der Waals surface area contributed by atoms with Crippen molar-refractivity contribution >= 4 is 12.0 Å². The first-order chi connectivity index (χ1) is 6.74. The van der Waals surface area contributed by atoms with E-state index in [9.17, 15) is 9.18 Å². The first-order valence-corrected chi connectivity index (χ1v) is 4.31.